The van der Waals surface area contributed by atoms with E-state index in [-0.39, 0.29) is 0 Å². The molecule has 0 nitrogen and oxygen atoms in total. The van der Waals surface area contributed by atoms with Crippen LogP contribution >= 0.6 is 0 Å². The number of hydrogen-bond donors (Lipinski definition) is 0. The van der Waals surface area contributed by atoms with E-state index in [1.165, 1.54) is 5.20 Å². The van der Waals surface area contributed by atoms with Gasteiger partial charge < -0.3 is 0 Å². The van der Waals surface area contributed by atoms with Crippen LogP contribution in [0.2, 0.25) is 11.1 Å². The Balaban J connectivity index is 5.14. The van der Waals surface area contributed by atoms with Crippen molar-refractivity contribution in [3.8, 4) is 12.0 Å². The number of terminal acetylenes is 1. The van der Waals surface area contributed by atoms with Crippen molar-refractivity contribution in [3.05, 3.63) is 11.8 Å². The van der Waals surface area contributed by atoms with Gasteiger partial charge in [0.25, 0.3) is 0 Å². The van der Waals surface area contributed by atoms with Crippen LogP contribution in [0.1, 0.15) is 41.0 Å². The molecule has 0 aliphatic carbocycles. The Kier molecular flexibility index (Phi) is 4.50. The topological polar surface area (TPSA) is 0 Å². The van der Waals surface area contributed by atoms with E-state index < -0.39 is 8.07 Å². The first-order valence-electron chi connectivity index (χ1n) is 5.09. The maximum Gasteiger partial charge on any atom is 0.168 e. The zero-order valence-electron chi connectivity index (χ0n) is 9.65. The van der Waals surface area contributed by atoms with Crippen LogP contribution in [0, 0.1) is 12.0 Å². The highest BCUT2D eigenvalue weighted by molar-refractivity contribution is 6.95. The fraction of sp³-hybridized carbons (Fsp3) is 0.667. The predicted molar refractivity (Wildman–Crippen MR) is 64.2 cm³/mol. The van der Waals surface area contributed by atoms with Gasteiger partial charge >= 0.3 is 0 Å². The van der Waals surface area contributed by atoms with Crippen LogP contribution in [0.25, 0.3) is 0 Å². The highest BCUT2D eigenvalue weighted by atomic mass is 28.3. The number of allylic oxidation sites excluding steroid dienone is 1. The fourth-order valence-electron chi connectivity index (χ4n) is 2.21. The Morgan fingerprint density at radius 3 is 1.77 bits per heavy atom. The van der Waals surface area contributed by atoms with Gasteiger partial charge in [0.2, 0.25) is 0 Å². The summed E-state index contributed by atoms with van der Waals surface area (Å²) < 4.78 is 0. The Bertz CT molecular complexity index is 210. The molecular weight excluding hydrogens is 172 g/mol. The lowest BCUT2D eigenvalue weighted by molar-refractivity contribution is 0.910. The van der Waals surface area contributed by atoms with E-state index in [9.17, 15) is 0 Å². The summed E-state index contributed by atoms with van der Waals surface area (Å²) in [5.41, 5.74) is 4.31. The molecule has 0 aromatic rings. The van der Waals surface area contributed by atoms with E-state index in [0.29, 0.717) is 11.1 Å². The highest BCUT2D eigenvalue weighted by Crippen LogP contribution is 2.37. The molecule has 0 saturated carbocycles. The number of hydrogen-bond acceptors (Lipinski definition) is 0. The molecule has 13 heavy (non-hydrogen) atoms. The summed E-state index contributed by atoms with van der Waals surface area (Å²) in [5, 5.41) is 1.33. The minimum atomic E-state index is -1.69. The van der Waals surface area contributed by atoms with Crippen molar-refractivity contribution in [3.63, 3.8) is 0 Å². The monoisotopic (exact) mass is 194 g/mol. The second-order valence-electron chi connectivity index (χ2n) is 4.28. The first kappa shape index (κ1) is 12.5. The lowest BCUT2D eigenvalue weighted by Gasteiger charge is -2.35. The van der Waals surface area contributed by atoms with Crippen LogP contribution in [0.3, 0.4) is 0 Å². The molecule has 0 unspecified atom stereocenters. The van der Waals surface area contributed by atoms with Gasteiger partial charge in [-0.3, -0.25) is 0 Å². The molecule has 74 valence electrons. The molecule has 0 radical (unpaired) electrons. The lowest BCUT2D eigenvalue weighted by atomic mass is 10.5. The van der Waals surface area contributed by atoms with Gasteiger partial charge in [0.05, 0.1) is 0 Å². The molecular formula is C12H22Si. The maximum atomic E-state index is 5.74. The molecule has 0 rings (SSSR count). The average Bonchev–Trinajstić information content (AvgIpc) is 2.04. The van der Waals surface area contributed by atoms with Gasteiger partial charge in [0.15, 0.2) is 8.07 Å². The standard InChI is InChI=1S/C12H22Si/c1-8-12(7)13(9-2,10(3)4)11(5)6/h2,10-11H,7-8H2,1,3-6H3. The van der Waals surface area contributed by atoms with Gasteiger partial charge in [-0.1, -0.05) is 39.8 Å². The van der Waals surface area contributed by atoms with Crippen molar-refractivity contribution in [2.75, 3.05) is 0 Å². The summed E-state index contributed by atoms with van der Waals surface area (Å²) in [6, 6.07) is 0. The molecule has 0 N–H and O–H groups in total. The van der Waals surface area contributed by atoms with Crippen LogP contribution in [0.5, 0.6) is 0 Å². The van der Waals surface area contributed by atoms with Gasteiger partial charge in [-0.2, -0.15) is 0 Å². The van der Waals surface area contributed by atoms with Crippen LogP contribution in [-0.2, 0) is 0 Å². The second-order valence-corrected chi connectivity index (χ2v) is 9.32. The Morgan fingerprint density at radius 1 is 1.31 bits per heavy atom. The Hall–Kier alpha value is -0.483. The molecule has 0 atom stereocenters. The van der Waals surface area contributed by atoms with Gasteiger partial charge in [0.1, 0.15) is 0 Å². The lowest BCUT2D eigenvalue weighted by Crippen LogP contribution is -2.42. The first-order chi connectivity index (χ1) is 5.93. The van der Waals surface area contributed by atoms with Gasteiger partial charge in [-0.25, -0.2) is 0 Å². The van der Waals surface area contributed by atoms with E-state index in [0.717, 1.165) is 6.42 Å². The largest absolute Gasteiger partial charge is 0.168 e. The van der Waals surface area contributed by atoms with E-state index in [4.69, 9.17) is 6.42 Å². The van der Waals surface area contributed by atoms with Crippen LogP contribution in [-0.4, -0.2) is 8.07 Å². The molecule has 0 aliphatic heterocycles. The second kappa shape index (κ2) is 4.67. The van der Waals surface area contributed by atoms with E-state index in [1.54, 1.807) is 0 Å². The Morgan fingerprint density at radius 2 is 1.69 bits per heavy atom. The van der Waals surface area contributed by atoms with Crippen LogP contribution < -0.4 is 0 Å². The fourth-order valence-corrected chi connectivity index (χ4v) is 6.63. The van der Waals surface area contributed by atoms with Crippen LogP contribution in [0.15, 0.2) is 11.8 Å². The SMILES string of the molecule is C#C[Si](C(=C)CC)(C(C)C)C(C)C. The quantitative estimate of drug-likeness (QED) is 0.470. The van der Waals surface area contributed by atoms with E-state index >= 15 is 0 Å². The zero-order chi connectivity index (χ0) is 10.6. The van der Waals surface area contributed by atoms with Crippen molar-refractivity contribution in [2.24, 2.45) is 0 Å². The molecule has 0 fully saturated rings. The summed E-state index contributed by atoms with van der Waals surface area (Å²) in [5.74, 6) is 0. The molecule has 0 aromatic heterocycles. The van der Waals surface area contributed by atoms with Gasteiger partial charge in [0, 0.05) is 0 Å². The summed E-state index contributed by atoms with van der Waals surface area (Å²) >= 11 is 0. The van der Waals surface area contributed by atoms with Crippen molar-refractivity contribution < 1.29 is 0 Å². The third-order valence-corrected chi connectivity index (χ3v) is 8.72. The van der Waals surface area contributed by atoms with Gasteiger partial charge in [-0.15, -0.1) is 18.5 Å². The van der Waals surface area contributed by atoms with E-state index in [2.05, 4.69) is 46.7 Å². The maximum absolute atomic E-state index is 5.74. The third kappa shape index (κ3) is 2.06. The smallest absolute Gasteiger partial charge is 0.129 e. The summed E-state index contributed by atoms with van der Waals surface area (Å²) in [4.78, 5) is 0. The third-order valence-electron chi connectivity index (χ3n) is 3.07. The average molecular weight is 194 g/mol. The summed E-state index contributed by atoms with van der Waals surface area (Å²) in [6.07, 6.45) is 6.77. The molecule has 0 spiro atoms. The molecule has 0 bridgehead atoms. The summed E-state index contributed by atoms with van der Waals surface area (Å²) in [6.45, 7) is 15.3. The molecule has 0 aromatic carbocycles. The van der Waals surface area contributed by atoms with Crippen molar-refractivity contribution in [1.82, 2.24) is 0 Å². The normalized spacial score (nSPS) is 11.8. The molecule has 1 heteroatoms. The minimum Gasteiger partial charge on any atom is -0.129 e. The van der Waals surface area contributed by atoms with Gasteiger partial charge in [-0.05, 0) is 17.5 Å². The number of rotatable bonds is 4. The van der Waals surface area contributed by atoms with Crippen molar-refractivity contribution in [2.45, 2.75) is 52.1 Å². The zero-order valence-corrected chi connectivity index (χ0v) is 10.6. The van der Waals surface area contributed by atoms with E-state index in [1.807, 2.05) is 0 Å². The molecule has 0 amide bonds. The van der Waals surface area contributed by atoms with Crippen molar-refractivity contribution >= 4 is 8.07 Å². The molecule has 0 aliphatic rings. The summed E-state index contributed by atoms with van der Waals surface area (Å²) in [7, 11) is -1.69. The Labute approximate surface area is 84.4 Å². The minimum absolute atomic E-state index is 0.602. The predicted octanol–water partition coefficient (Wildman–Crippen LogP) is 3.93. The van der Waals surface area contributed by atoms with Crippen LogP contribution in [0.4, 0.5) is 0 Å². The van der Waals surface area contributed by atoms with Crippen molar-refractivity contribution in [1.29, 1.82) is 0 Å². The molecule has 0 heterocycles. The highest BCUT2D eigenvalue weighted by Gasteiger charge is 2.40. The first-order valence-corrected chi connectivity index (χ1v) is 7.24. The molecule has 0 saturated heterocycles.